The standard InChI is InChI=1S/C14H16N2O4S2/c1-2-21-14-15-10-6-22(17,18)7-11(10)16(14)9-3-4-12-13(5-9)20-8-19-12/h3-5,10-11H,2,6-8H2,1H3/t10-,11-/m0/s1. The maximum Gasteiger partial charge on any atom is 0.231 e. The fourth-order valence-electron chi connectivity index (χ4n) is 3.10. The molecule has 0 bridgehead atoms. The molecule has 3 aliphatic rings. The summed E-state index contributed by atoms with van der Waals surface area (Å²) in [7, 11) is -3.01. The first kappa shape index (κ1) is 14.2. The van der Waals surface area contributed by atoms with Crippen LogP contribution in [0.25, 0.3) is 0 Å². The number of hydrogen-bond acceptors (Lipinski definition) is 7. The predicted octanol–water partition coefficient (Wildman–Crippen LogP) is 1.51. The highest BCUT2D eigenvalue weighted by molar-refractivity contribution is 8.14. The van der Waals surface area contributed by atoms with Gasteiger partial charge in [0.1, 0.15) is 0 Å². The molecule has 0 amide bonds. The molecule has 6 nitrogen and oxygen atoms in total. The van der Waals surface area contributed by atoms with Gasteiger partial charge in [-0.15, -0.1) is 0 Å². The lowest BCUT2D eigenvalue weighted by molar-refractivity contribution is 0.174. The molecular formula is C14H16N2O4S2. The first-order valence-corrected chi connectivity index (χ1v) is 9.98. The summed E-state index contributed by atoms with van der Waals surface area (Å²) < 4.78 is 34.6. The molecule has 118 valence electrons. The van der Waals surface area contributed by atoms with Crippen LogP contribution in [0.2, 0.25) is 0 Å². The zero-order valence-electron chi connectivity index (χ0n) is 12.1. The quantitative estimate of drug-likeness (QED) is 0.813. The molecule has 22 heavy (non-hydrogen) atoms. The first-order valence-electron chi connectivity index (χ1n) is 7.17. The normalized spacial score (nSPS) is 27.9. The Labute approximate surface area is 133 Å². The van der Waals surface area contributed by atoms with Gasteiger partial charge >= 0.3 is 0 Å². The number of ether oxygens (including phenoxy) is 2. The Morgan fingerprint density at radius 3 is 2.95 bits per heavy atom. The Morgan fingerprint density at radius 2 is 2.14 bits per heavy atom. The van der Waals surface area contributed by atoms with E-state index in [1.165, 1.54) is 0 Å². The molecule has 0 aromatic heterocycles. The van der Waals surface area contributed by atoms with Crippen LogP contribution in [0.3, 0.4) is 0 Å². The summed E-state index contributed by atoms with van der Waals surface area (Å²) in [4.78, 5) is 6.69. The molecular weight excluding hydrogens is 324 g/mol. The van der Waals surface area contributed by atoms with E-state index >= 15 is 0 Å². The lowest BCUT2D eigenvalue weighted by Gasteiger charge is -2.26. The largest absolute Gasteiger partial charge is 0.454 e. The van der Waals surface area contributed by atoms with Crippen LogP contribution < -0.4 is 14.4 Å². The van der Waals surface area contributed by atoms with Crippen molar-refractivity contribution in [1.29, 1.82) is 0 Å². The van der Waals surface area contributed by atoms with Gasteiger partial charge in [-0.3, -0.25) is 4.99 Å². The van der Waals surface area contributed by atoms with Crippen LogP contribution in [0.4, 0.5) is 5.69 Å². The number of nitrogens with zero attached hydrogens (tertiary/aromatic N) is 2. The molecule has 0 aliphatic carbocycles. The lowest BCUT2D eigenvalue weighted by atomic mass is 10.1. The molecule has 1 saturated heterocycles. The van der Waals surface area contributed by atoms with E-state index in [2.05, 4.69) is 11.9 Å². The van der Waals surface area contributed by atoms with Crippen LogP contribution in [-0.4, -0.2) is 49.7 Å². The lowest BCUT2D eigenvalue weighted by Crippen LogP contribution is -2.39. The number of benzene rings is 1. The van der Waals surface area contributed by atoms with E-state index in [4.69, 9.17) is 9.47 Å². The SMILES string of the molecule is CCSC1=N[C@H]2CS(=O)(=O)C[C@@H]2N1c1ccc2c(c1)OCO2. The van der Waals surface area contributed by atoms with Crippen LogP contribution in [0.1, 0.15) is 6.92 Å². The van der Waals surface area contributed by atoms with Gasteiger partial charge in [0, 0.05) is 11.8 Å². The van der Waals surface area contributed by atoms with Gasteiger partial charge in [0.25, 0.3) is 0 Å². The number of amidine groups is 1. The predicted molar refractivity (Wildman–Crippen MR) is 86.8 cm³/mol. The molecule has 0 unspecified atom stereocenters. The Morgan fingerprint density at radius 1 is 1.32 bits per heavy atom. The Kier molecular flexibility index (Phi) is 3.26. The molecule has 0 radical (unpaired) electrons. The minimum Gasteiger partial charge on any atom is -0.454 e. The Balaban J connectivity index is 1.73. The Hall–Kier alpha value is -1.41. The van der Waals surface area contributed by atoms with Crippen molar-refractivity contribution in [3.05, 3.63) is 18.2 Å². The highest BCUT2D eigenvalue weighted by Gasteiger charge is 2.47. The maximum atomic E-state index is 11.9. The molecule has 0 N–H and O–H groups in total. The number of fused-ring (bicyclic) bond motifs is 2. The number of rotatable bonds is 2. The summed E-state index contributed by atoms with van der Waals surface area (Å²) in [6, 6.07) is 5.43. The molecule has 1 aromatic carbocycles. The Bertz CT molecular complexity index is 747. The van der Waals surface area contributed by atoms with Gasteiger partial charge in [-0.1, -0.05) is 18.7 Å². The highest BCUT2D eigenvalue weighted by Crippen LogP contribution is 2.40. The fraction of sp³-hybridized carbons (Fsp3) is 0.500. The van der Waals surface area contributed by atoms with E-state index in [1.807, 2.05) is 23.1 Å². The number of sulfone groups is 1. The average molecular weight is 340 g/mol. The summed E-state index contributed by atoms with van der Waals surface area (Å²) in [6.07, 6.45) is 0. The molecule has 4 rings (SSSR count). The first-order chi connectivity index (χ1) is 10.6. The number of hydrogen-bond donors (Lipinski definition) is 0. The second-order valence-electron chi connectivity index (χ2n) is 5.46. The highest BCUT2D eigenvalue weighted by atomic mass is 32.2. The van der Waals surface area contributed by atoms with Crippen molar-refractivity contribution in [1.82, 2.24) is 0 Å². The minimum atomic E-state index is -3.01. The maximum absolute atomic E-state index is 11.9. The van der Waals surface area contributed by atoms with Gasteiger partial charge in [0.05, 0.1) is 23.6 Å². The number of thioether (sulfide) groups is 1. The summed E-state index contributed by atoms with van der Waals surface area (Å²) in [5, 5.41) is 0.895. The monoisotopic (exact) mass is 340 g/mol. The molecule has 1 fully saturated rings. The smallest absolute Gasteiger partial charge is 0.231 e. The van der Waals surface area contributed by atoms with E-state index in [-0.39, 0.29) is 30.4 Å². The fourth-order valence-corrected chi connectivity index (χ4v) is 5.79. The van der Waals surface area contributed by atoms with Gasteiger partial charge < -0.3 is 14.4 Å². The van der Waals surface area contributed by atoms with Crippen molar-refractivity contribution in [2.75, 3.05) is 29.0 Å². The molecule has 2 atom stereocenters. The molecule has 1 aromatic rings. The van der Waals surface area contributed by atoms with Gasteiger partial charge in [0.15, 0.2) is 26.5 Å². The zero-order valence-corrected chi connectivity index (χ0v) is 13.7. The summed E-state index contributed by atoms with van der Waals surface area (Å²) in [5.41, 5.74) is 0.911. The third kappa shape index (κ3) is 2.25. The number of anilines is 1. The molecule has 8 heteroatoms. The van der Waals surface area contributed by atoms with E-state index < -0.39 is 9.84 Å². The molecule has 3 heterocycles. The topological polar surface area (TPSA) is 68.2 Å². The van der Waals surface area contributed by atoms with Crippen LogP contribution in [0.15, 0.2) is 23.2 Å². The minimum absolute atomic E-state index is 0.112. The van der Waals surface area contributed by atoms with Gasteiger partial charge in [0.2, 0.25) is 6.79 Å². The second-order valence-corrected chi connectivity index (χ2v) is 8.85. The summed E-state index contributed by atoms with van der Waals surface area (Å²) in [6.45, 7) is 2.29. The van der Waals surface area contributed by atoms with E-state index in [1.54, 1.807) is 11.8 Å². The third-order valence-electron chi connectivity index (χ3n) is 4.02. The van der Waals surface area contributed by atoms with Crippen molar-refractivity contribution < 1.29 is 17.9 Å². The van der Waals surface area contributed by atoms with Crippen molar-refractivity contribution >= 4 is 32.5 Å². The molecule has 0 saturated carbocycles. The third-order valence-corrected chi connectivity index (χ3v) is 6.56. The van der Waals surface area contributed by atoms with Crippen LogP contribution in [0.5, 0.6) is 11.5 Å². The summed E-state index contributed by atoms with van der Waals surface area (Å²) in [5.74, 6) is 2.62. The van der Waals surface area contributed by atoms with E-state index in [0.717, 1.165) is 22.4 Å². The zero-order chi connectivity index (χ0) is 15.3. The molecule has 0 spiro atoms. The van der Waals surface area contributed by atoms with Gasteiger partial charge in [-0.05, 0) is 17.9 Å². The van der Waals surface area contributed by atoms with Crippen molar-refractivity contribution in [2.24, 2.45) is 4.99 Å². The van der Waals surface area contributed by atoms with Crippen molar-refractivity contribution in [3.63, 3.8) is 0 Å². The number of aliphatic imine (C=N–C) groups is 1. The van der Waals surface area contributed by atoms with E-state index in [9.17, 15) is 8.42 Å². The second kappa shape index (κ2) is 5.06. The van der Waals surface area contributed by atoms with Crippen molar-refractivity contribution in [3.8, 4) is 11.5 Å². The average Bonchev–Trinajstić information content (AvgIpc) is 3.10. The molecule has 3 aliphatic heterocycles. The van der Waals surface area contributed by atoms with Crippen LogP contribution in [0, 0.1) is 0 Å². The van der Waals surface area contributed by atoms with Gasteiger partial charge in [-0.2, -0.15) is 0 Å². The van der Waals surface area contributed by atoms with Crippen LogP contribution >= 0.6 is 11.8 Å². The van der Waals surface area contributed by atoms with Crippen molar-refractivity contribution in [2.45, 2.75) is 19.0 Å². The summed E-state index contributed by atoms with van der Waals surface area (Å²) >= 11 is 1.64. The van der Waals surface area contributed by atoms with E-state index in [0.29, 0.717) is 5.75 Å². The van der Waals surface area contributed by atoms with Gasteiger partial charge in [-0.25, -0.2) is 8.42 Å². The van der Waals surface area contributed by atoms with Crippen LogP contribution in [-0.2, 0) is 9.84 Å².